The van der Waals surface area contributed by atoms with Crippen LogP contribution in [0.3, 0.4) is 0 Å². The van der Waals surface area contributed by atoms with Crippen molar-refractivity contribution in [1.29, 1.82) is 0 Å². The maximum atomic E-state index is 5.87. The molecule has 2 fully saturated rings. The molecule has 1 saturated heterocycles. The Morgan fingerprint density at radius 2 is 2.00 bits per heavy atom. The molecule has 0 radical (unpaired) electrons. The summed E-state index contributed by atoms with van der Waals surface area (Å²) in [6.07, 6.45) is 4.53. The van der Waals surface area contributed by atoms with Crippen molar-refractivity contribution >= 4 is 0 Å². The molecule has 2 rings (SSSR count). The molecule has 1 aliphatic carbocycles. The number of ether oxygens (including phenoxy) is 1. The molecule has 0 amide bonds. The van der Waals surface area contributed by atoms with Crippen molar-refractivity contribution in [2.45, 2.75) is 59.1 Å². The van der Waals surface area contributed by atoms with Crippen LogP contribution in [-0.2, 0) is 4.74 Å². The SMILES string of the molecule is CC(C)NCC1CC12CCOC(C(C)C)C2. The van der Waals surface area contributed by atoms with Crippen molar-refractivity contribution in [3.8, 4) is 0 Å². The molecular weight excluding hydrogens is 198 g/mol. The lowest BCUT2D eigenvalue weighted by Gasteiger charge is -2.33. The zero-order valence-electron chi connectivity index (χ0n) is 11.3. The maximum Gasteiger partial charge on any atom is 0.0603 e. The van der Waals surface area contributed by atoms with Gasteiger partial charge in [-0.3, -0.25) is 0 Å². The van der Waals surface area contributed by atoms with E-state index in [1.54, 1.807) is 0 Å². The summed E-state index contributed by atoms with van der Waals surface area (Å²) >= 11 is 0. The van der Waals surface area contributed by atoms with Gasteiger partial charge >= 0.3 is 0 Å². The molecule has 1 saturated carbocycles. The third kappa shape index (κ3) is 2.60. The fourth-order valence-electron chi connectivity index (χ4n) is 3.06. The summed E-state index contributed by atoms with van der Waals surface area (Å²) < 4.78 is 5.87. The highest BCUT2D eigenvalue weighted by Gasteiger charge is 2.55. The van der Waals surface area contributed by atoms with Crippen LogP contribution < -0.4 is 5.32 Å². The summed E-state index contributed by atoms with van der Waals surface area (Å²) in [6, 6.07) is 0.624. The topological polar surface area (TPSA) is 21.3 Å². The highest BCUT2D eigenvalue weighted by molar-refractivity contribution is 5.05. The largest absolute Gasteiger partial charge is 0.378 e. The number of rotatable bonds is 4. The molecule has 0 bridgehead atoms. The van der Waals surface area contributed by atoms with Gasteiger partial charge < -0.3 is 10.1 Å². The molecule has 1 heterocycles. The lowest BCUT2D eigenvalue weighted by molar-refractivity contribution is -0.0444. The molecule has 1 spiro atoms. The molecule has 1 aliphatic heterocycles. The normalized spacial score (nSPS) is 38.6. The van der Waals surface area contributed by atoms with Crippen molar-refractivity contribution in [3.63, 3.8) is 0 Å². The Morgan fingerprint density at radius 1 is 1.25 bits per heavy atom. The lowest BCUT2D eigenvalue weighted by atomic mass is 9.86. The van der Waals surface area contributed by atoms with E-state index in [0.717, 1.165) is 12.5 Å². The van der Waals surface area contributed by atoms with Gasteiger partial charge in [0.15, 0.2) is 0 Å². The third-order valence-corrected chi connectivity index (χ3v) is 4.41. The van der Waals surface area contributed by atoms with E-state index in [-0.39, 0.29) is 0 Å². The molecule has 2 heteroatoms. The van der Waals surface area contributed by atoms with E-state index in [2.05, 4.69) is 33.0 Å². The van der Waals surface area contributed by atoms with Crippen LogP contribution in [0.1, 0.15) is 47.0 Å². The molecule has 3 unspecified atom stereocenters. The first-order chi connectivity index (χ1) is 7.53. The smallest absolute Gasteiger partial charge is 0.0603 e. The molecule has 0 aromatic heterocycles. The van der Waals surface area contributed by atoms with E-state index in [9.17, 15) is 0 Å². The van der Waals surface area contributed by atoms with Crippen molar-refractivity contribution in [2.75, 3.05) is 13.2 Å². The molecule has 2 nitrogen and oxygen atoms in total. The molecule has 94 valence electrons. The van der Waals surface area contributed by atoms with E-state index in [0.29, 0.717) is 23.5 Å². The van der Waals surface area contributed by atoms with Gasteiger partial charge in [0.05, 0.1) is 6.10 Å². The van der Waals surface area contributed by atoms with E-state index in [1.807, 2.05) is 0 Å². The Kier molecular flexibility index (Phi) is 3.60. The number of hydrogen-bond donors (Lipinski definition) is 1. The van der Waals surface area contributed by atoms with Gasteiger partial charge in [-0.25, -0.2) is 0 Å². The summed E-state index contributed by atoms with van der Waals surface area (Å²) in [4.78, 5) is 0. The molecule has 0 aromatic carbocycles. The minimum absolute atomic E-state index is 0.512. The van der Waals surface area contributed by atoms with Gasteiger partial charge in [-0.2, -0.15) is 0 Å². The van der Waals surface area contributed by atoms with E-state index >= 15 is 0 Å². The number of nitrogens with one attached hydrogen (secondary N) is 1. The Bertz CT molecular complexity index is 239. The van der Waals surface area contributed by atoms with Crippen molar-refractivity contribution < 1.29 is 4.74 Å². The van der Waals surface area contributed by atoms with Gasteiger partial charge in [-0.05, 0) is 43.1 Å². The summed E-state index contributed by atoms with van der Waals surface area (Å²) in [5.41, 5.74) is 0.648. The van der Waals surface area contributed by atoms with Gasteiger partial charge in [0.1, 0.15) is 0 Å². The zero-order chi connectivity index (χ0) is 11.8. The molecule has 1 N–H and O–H groups in total. The highest BCUT2D eigenvalue weighted by Crippen LogP contribution is 2.60. The van der Waals surface area contributed by atoms with Crippen LogP contribution in [0.5, 0.6) is 0 Å². The average molecular weight is 225 g/mol. The van der Waals surface area contributed by atoms with Crippen LogP contribution in [-0.4, -0.2) is 25.3 Å². The monoisotopic (exact) mass is 225 g/mol. The van der Waals surface area contributed by atoms with Gasteiger partial charge in [-0.15, -0.1) is 0 Å². The summed E-state index contributed by atoms with van der Waals surface area (Å²) in [6.45, 7) is 11.2. The van der Waals surface area contributed by atoms with Crippen molar-refractivity contribution in [2.24, 2.45) is 17.3 Å². The summed E-state index contributed by atoms with van der Waals surface area (Å²) in [5.74, 6) is 1.59. The van der Waals surface area contributed by atoms with Crippen molar-refractivity contribution in [1.82, 2.24) is 5.32 Å². The predicted octanol–water partition coefficient (Wildman–Crippen LogP) is 2.83. The fourth-order valence-corrected chi connectivity index (χ4v) is 3.06. The molecule has 16 heavy (non-hydrogen) atoms. The van der Waals surface area contributed by atoms with Crippen LogP contribution in [0.4, 0.5) is 0 Å². The van der Waals surface area contributed by atoms with E-state index < -0.39 is 0 Å². The third-order valence-electron chi connectivity index (χ3n) is 4.41. The van der Waals surface area contributed by atoms with Crippen LogP contribution in [0, 0.1) is 17.3 Å². The van der Waals surface area contributed by atoms with Crippen LogP contribution in [0.2, 0.25) is 0 Å². The minimum Gasteiger partial charge on any atom is -0.378 e. The maximum absolute atomic E-state index is 5.87. The Hall–Kier alpha value is -0.0800. The summed E-state index contributed by atoms with van der Waals surface area (Å²) in [5, 5.41) is 3.58. The van der Waals surface area contributed by atoms with Gasteiger partial charge in [0, 0.05) is 12.6 Å². The number of hydrogen-bond acceptors (Lipinski definition) is 2. The first-order valence-electron chi connectivity index (χ1n) is 6.88. The second-order valence-corrected chi connectivity index (χ2v) is 6.43. The molecule has 3 atom stereocenters. The summed E-state index contributed by atoms with van der Waals surface area (Å²) in [7, 11) is 0. The Morgan fingerprint density at radius 3 is 2.62 bits per heavy atom. The lowest BCUT2D eigenvalue weighted by Crippen LogP contribution is -2.33. The molecular formula is C14H27NO. The average Bonchev–Trinajstić information content (AvgIpc) is 2.88. The molecule has 2 aliphatic rings. The Labute approximate surface area is 100 Å². The minimum atomic E-state index is 0.512. The quantitative estimate of drug-likeness (QED) is 0.794. The fraction of sp³-hybridized carbons (Fsp3) is 1.00. The van der Waals surface area contributed by atoms with E-state index in [4.69, 9.17) is 4.74 Å². The first kappa shape index (κ1) is 12.4. The molecule has 0 aromatic rings. The van der Waals surface area contributed by atoms with Crippen LogP contribution >= 0.6 is 0 Å². The standard InChI is InChI=1S/C14H27NO/c1-10(2)13-8-14(5-6-16-13)7-12(14)9-15-11(3)4/h10-13,15H,5-9H2,1-4H3. The van der Waals surface area contributed by atoms with E-state index in [1.165, 1.54) is 25.8 Å². The first-order valence-corrected chi connectivity index (χ1v) is 6.88. The second-order valence-electron chi connectivity index (χ2n) is 6.43. The van der Waals surface area contributed by atoms with Crippen molar-refractivity contribution in [3.05, 3.63) is 0 Å². The Balaban J connectivity index is 1.82. The highest BCUT2D eigenvalue weighted by atomic mass is 16.5. The van der Waals surface area contributed by atoms with Gasteiger partial charge in [-0.1, -0.05) is 27.7 Å². The van der Waals surface area contributed by atoms with Crippen LogP contribution in [0.25, 0.3) is 0 Å². The van der Waals surface area contributed by atoms with Gasteiger partial charge in [0.2, 0.25) is 0 Å². The van der Waals surface area contributed by atoms with Gasteiger partial charge in [0.25, 0.3) is 0 Å². The second kappa shape index (κ2) is 4.66. The predicted molar refractivity (Wildman–Crippen MR) is 67.5 cm³/mol. The van der Waals surface area contributed by atoms with Crippen LogP contribution in [0.15, 0.2) is 0 Å². The zero-order valence-corrected chi connectivity index (χ0v) is 11.3.